The lowest BCUT2D eigenvalue weighted by atomic mass is 10.00. The van der Waals surface area contributed by atoms with Gasteiger partial charge in [0.25, 0.3) is 0 Å². The van der Waals surface area contributed by atoms with Crippen LogP contribution in [0.25, 0.3) is 0 Å². The van der Waals surface area contributed by atoms with Gasteiger partial charge < -0.3 is 10.2 Å². The predicted octanol–water partition coefficient (Wildman–Crippen LogP) is 2.31. The van der Waals surface area contributed by atoms with Crippen molar-refractivity contribution in [3.8, 4) is 5.75 Å². The summed E-state index contributed by atoms with van der Waals surface area (Å²) in [6.45, 7) is 0. The maximum atomic E-state index is 11.9. The average Bonchev–Trinajstić information content (AvgIpc) is 2.38. The van der Waals surface area contributed by atoms with Gasteiger partial charge in [-0.1, -0.05) is 42.5 Å². The Morgan fingerprint density at radius 1 is 1.00 bits per heavy atom. The van der Waals surface area contributed by atoms with Gasteiger partial charge in [0.2, 0.25) is 0 Å². The number of phenols is 1. The van der Waals surface area contributed by atoms with E-state index in [2.05, 4.69) is 0 Å². The number of ketones is 1. The first-order chi connectivity index (χ1) is 8.18. The smallest absolute Gasteiger partial charge is 0.195 e. The van der Waals surface area contributed by atoms with Crippen LogP contribution in [0.2, 0.25) is 0 Å². The highest BCUT2D eigenvalue weighted by atomic mass is 16.3. The third-order valence-electron chi connectivity index (χ3n) is 2.49. The first-order valence-corrected chi connectivity index (χ1v) is 5.25. The van der Waals surface area contributed by atoms with Crippen molar-refractivity contribution in [2.75, 3.05) is 0 Å². The maximum absolute atomic E-state index is 11.9. The summed E-state index contributed by atoms with van der Waals surface area (Å²) >= 11 is 0. The van der Waals surface area contributed by atoms with Crippen molar-refractivity contribution >= 4 is 5.78 Å². The number of aliphatic hydroxyl groups excluding tert-OH is 1. The van der Waals surface area contributed by atoms with E-state index < -0.39 is 11.9 Å². The molecule has 86 valence electrons. The summed E-state index contributed by atoms with van der Waals surface area (Å²) < 4.78 is 0. The highest BCUT2D eigenvalue weighted by Gasteiger charge is 2.18. The highest BCUT2D eigenvalue weighted by Crippen LogP contribution is 2.20. The van der Waals surface area contributed by atoms with E-state index >= 15 is 0 Å². The molecule has 0 fully saturated rings. The Balaban J connectivity index is 2.27. The first kappa shape index (κ1) is 11.4. The van der Waals surface area contributed by atoms with E-state index in [0.29, 0.717) is 11.1 Å². The predicted molar refractivity (Wildman–Crippen MR) is 63.8 cm³/mol. The molecule has 2 aromatic rings. The van der Waals surface area contributed by atoms with Crippen molar-refractivity contribution in [2.45, 2.75) is 6.10 Å². The van der Waals surface area contributed by atoms with Gasteiger partial charge in [-0.3, -0.25) is 4.79 Å². The van der Waals surface area contributed by atoms with Crippen LogP contribution in [0.3, 0.4) is 0 Å². The minimum Gasteiger partial charge on any atom is -0.508 e. The molecule has 17 heavy (non-hydrogen) atoms. The zero-order chi connectivity index (χ0) is 12.3. The normalized spacial score (nSPS) is 12.1. The molecular weight excluding hydrogens is 216 g/mol. The Hall–Kier alpha value is -2.13. The van der Waals surface area contributed by atoms with Crippen molar-refractivity contribution in [2.24, 2.45) is 0 Å². The standard InChI is InChI=1S/C14H12O3/c15-12-8-4-7-11(9-12)14(17)13(16)10-5-2-1-3-6-10/h1-9,13,15-16H. The zero-order valence-corrected chi connectivity index (χ0v) is 9.08. The summed E-state index contributed by atoms with van der Waals surface area (Å²) in [5.74, 6) is -0.414. The Labute approximate surface area is 99.0 Å². The van der Waals surface area contributed by atoms with E-state index in [-0.39, 0.29) is 5.75 Å². The quantitative estimate of drug-likeness (QED) is 0.792. The van der Waals surface area contributed by atoms with Gasteiger partial charge in [-0.2, -0.15) is 0 Å². The van der Waals surface area contributed by atoms with E-state index in [4.69, 9.17) is 0 Å². The van der Waals surface area contributed by atoms with Crippen LogP contribution in [-0.4, -0.2) is 16.0 Å². The lowest BCUT2D eigenvalue weighted by molar-refractivity contribution is 0.0747. The van der Waals surface area contributed by atoms with Crippen LogP contribution in [0.4, 0.5) is 0 Å². The molecule has 0 aliphatic carbocycles. The number of Topliss-reactive ketones (excluding diaryl/α,β-unsaturated/α-hetero) is 1. The van der Waals surface area contributed by atoms with E-state index in [1.54, 1.807) is 36.4 Å². The molecule has 2 rings (SSSR count). The minimum absolute atomic E-state index is 0.0103. The van der Waals surface area contributed by atoms with E-state index in [9.17, 15) is 15.0 Å². The fourth-order valence-electron chi connectivity index (χ4n) is 1.60. The second-order valence-electron chi connectivity index (χ2n) is 3.73. The van der Waals surface area contributed by atoms with Crippen molar-refractivity contribution in [1.82, 2.24) is 0 Å². The molecule has 1 atom stereocenters. The van der Waals surface area contributed by atoms with E-state index in [0.717, 1.165) is 0 Å². The second-order valence-corrected chi connectivity index (χ2v) is 3.73. The maximum Gasteiger partial charge on any atom is 0.195 e. The van der Waals surface area contributed by atoms with Crippen LogP contribution in [0, 0.1) is 0 Å². The Bertz CT molecular complexity index is 520. The molecule has 0 aliphatic rings. The topological polar surface area (TPSA) is 57.5 Å². The molecular formula is C14H12O3. The van der Waals surface area contributed by atoms with Gasteiger partial charge in [0.05, 0.1) is 0 Å². The minimum atomic E-state index is -1.20. The highest BCUT2D eigenvalue weighted by molar-refractivity contribution is 6.00. The van der Waals surface area contributed by atoms with Crippen LogP contribution in [0.1, 0.15) is 22.0 Å². The first-order valence-electron chi connectivity index (χ1n) is 5.25. The van der Waals surface area contributed by atoms with Gasteiger partial charge in [-0.15, -0.1) is 0 Å². The van der Waals surface area contributed by atoms with Crippen molar-refractivity contribution in [1.29, 1.82) is 0 Å². The van der Waals surface area contributed by atoms with E-state index in [1.165, 1.54) is 12.1 Å². The second kappa shape index (κ2) is 4.80. The number of aliphatic hydroxyl groups is 1. The molecule has 0 saturated carbocycles. The van der Waals surface area contributed by atoms with E-state index in [1.807, 2.05) is 6.07 Å². The third kappa shape index (κ3) is 2.52. The van der Waals surface area contributed by atoms with Crippen LogP contribution in [0.15, 0.2) is 54.6 Å². The molecule has 0 aliphatic heterocycles. The number of carbonyl (C=O) groups excluding carboxylic acids is 1. The van der Waals surface area contributed by atoms with Gasteiger partial charge in [0, 0.05) is 5.56 Å². The van der Waals surface area contributed by atoms with Gasteiger partial charge in [0.15, 0.2) is 5.78 Å². The van der Waals surface area contributed by atoms with Crippen molar-refractivity contribution < 1.29 is 15.0 Å². The van der Waals surface area contributed by atoms with Gasteiger partial charge in [-0.25, -0.2) is 0 Å². The Morgan fingerprint density at radius 3 is 2.35 bits per heavy atom. The largest absolute Gasteiger partial charge is 0.508 e. The summed E-state index contributed by atoms with van der Waals surface area (Å²) in [4.78, 5) is 11.9. The van der Waals surface area contributed by atoms with Crippen LogP contribution >= 0.6 is 0 Å². The average molecular weight is 228 g/mol. The fraction of sp³-hybridized carbons (Fsp3) is 0.0714. The lowest BCUT2D eigenvalue weighted by Crippen LogP contribution is -2.11. The molecule has 0 aromatic heterocycles. The molecule has 0 bridgehead atoms. The molecule has 0 saturated heterocycles. The molecule has 0 spiro atoms. The lowest BCUT2D eigenvalue weighted by Gasteiger charge is -2.09. The number of benzene rings is 2. The number of hydrogen-bond acceptors (Lipinski definition) is 3. The summed E-state index contributed by atoms with van der Waals surface area (Å²) in [6.07, 6.45) is -1.20. The number of carbonyl (C=O) groups is 1. The number of rotatable bonds is 3. The molecule has 0 radical (unpaired) electrons. The zero-order valence-electron chi connectivity index (χ0n) is 9.08. The third-order valence-corrected chi connectivity index (χ3v) is 2.49. The van der Waals surface area contributed by atoms with Gasteiger partial charge >= 0.3 is 0 Å². The Morgan fingerprint density at radius 2 is 1.71 bits per heavy atom. The number of aromatic hydroxyl groups is 1. The number of hydrogen-bond donors (Lipinski definition) is 2. The molecule has 1 unspecified atom stereocenters. The van der Waals surface area contributed by atoms with Crippen molar-refractivity contribution in [3.63, 3.8) is 0 Å². The fourth-order valence-corrected chi connectivity index (χ4v) is 1.60. The van der Waals surface area contributed by atoms with Gasteiger partial charge in [0.1, 0.15) is 11.9 Å². The van der Waals surface area contributed by atoms with Crippen LogP contribution in [-0.2, 0) is 0 Å². The van der Waals surface area contributed by atoms with Crippen molar-refractivity contribution in [3.05, 3.63) is 65.7 Å². The summed E-state index contributed by atoms with van der Waals surface area (Å²) in [7, 11) is 0. The SMILES string of the molecule is O=C(c1cccc(O)c1)C(O)c1ccccc1. The molecule has 2 N–H and O–H groups in total. The Kier molecular flexibility index (Phi) is 3.21. The molecule has 0 amide bonds. The van der Waals surface area contributed by atoms with Crippen LogP contribution < -0.4 is 0 Å². The number of phenolic OH excluding ortho intramolecular Hbond substituents is 1. The summed E-state index contributed by atoms with van der Waals surface area (Å²) in [5.41, 5.74) is 0.835. The molecule has 0 heterocycles. The monoisotopic (exact) mass is 228 g/mol. The summed E-state index contributed by atoms with van der Waals surface area (Å²) in [5, 5.41) is 19.2. The van der Waals surface area contributed by atoms with Crippen LogP contribution in [0.5, 0.6) is 5.75 Å². The molecule has 3 nitrogen and oxygen atoms in total. The molecule has 3 heteroatoms. The molecule has 2 aromatic carbocycles. The summed E-state index contributed by atoms with van der Waals surface area (Å²) in [6, 6.07) is 14.7. The van der Waals surface area contributed by atoms with Gasteiger partial charge in [-0.05, 0) is 17.7 Å².